The predicted molar refractivity (Wildman–Crippen MR) is 66.4 cm³/mol. The first kappa shape index (κ1) is 11.9. The summed E-state index contributed by atoms with van der Waals surface area (Å²) in [5.41, 5.74) is 1.24. The molecule has 0 heterocycles. The number of hydrogen-bond donors (Lipinski definition) is 0. The van der Waals surface area contributed by atoms with Crippen LogP contribution in [0.1, 0.15) is 38.2 Å². The minimum atomic E-state index is -0.324. The Balaban J connectivity index is 2.30. The number of nitrogens with zero attached hydrogens (tertiary/aromatic N) is 2. The van der Waals surface area contributed by atoms with Crippen LogP contribution in [0.4, 0.5) is 10.1 Å². The third-order valence-electron chi connectivity index (χ3n) is 3.45. The van der Waals surface area contributed by atoms with Gasteiger partial charge in [-0.3, -0.25) is 0 Å². The first-order valence-electron chi connectivity index (χ1n) is 6.22. The van der Waals surface area contributed by atoms with Crippen molar-refractivity contribution in [3.63, 3.8) is 0 Å². The lowest BCUT2D eigenvalue weighted by Crippen LogP contribution is -2.33. The summed E-state index contributed by atoms with van der Waals surface area (Å²) in [5.74, 6) is -0.324. The zero-order valence-electron chi connectivity index (χ0n) is 10.1. The van der Waals surface area contributed by atoms with Gasteiger partial charge in [0.2, 0.25) is 0 Å². The first-order chi connectivity index (χ1) is 8.24. The van der Waals surface area contributed by atoms with Crippen LogP contribution in [0.15, 0.2) is 18.2 Å². The third-order valence-corrected chi connectivity index (χ3v) is 3.45. The molecular formula is C14H17FN2. The molecule has 0 aliphatic heterocycles. The second-order valence-corrected chi connectivity index (χ2v) is 4.53. The molecule has 1 aliphatic rings. The SMILES string of the molecule is CCN(c1cc(F)cc(C#N)c1)C1CCCC1. The molecule has 1 aromatic carbocycles. The van der Waals surface area contributed by atoms with E-state index in [2.05, 4.69) is 11.8 Å². The Kier molecular flexibility index (Phi) is 3.63. The number of anilines is 1. The van der Waals surface area contributed by atoms with Gasteiger partial charge in [0.1, 0.15) is 5.82 Å². The Hall–Kier alpha value is -1.56. The van der Waals surface area contributed by atoms with Crippen molar-refractivity contribution in [2.45, 2.75) is 38.6 Å². The molecule has 1 aliphatic carbocycles. The highest BCUT2D eigenvalue weighted by Gasteiger charge is 2.22. The lowest BCUT2D eigenvalue weighted by atomic mass is 10.1. The topological polar surface area (TPSA) is 27.0 Å². The monoisotopic (exact) mass is 232 g/mol. The van der Waals surface area contributed by atoms with Crippen molar-refractivity contribution in [1.29, 1.82) is 5.26 Å². The van der Waals surface area contributed by atoms with Crippen LogP contribution >= 0.6 is 0 Å². The molecule has 17 heavy (non-hydrogen) atoms. The molecule has 1 saturated carbocycles. The van der Waals surface area contributed by atoms with Gasteiger partial charge in [0.15, 0.2) is 0 Å². The van der Waals surface area contributed by atoms with E-state index >= 15 is 0 Å². The number of nitriles is 1. The maximum atomic E-state index is 13.4. The lowest BCUT2D eigenvalue weighted by Gasteiger charge is -2.30. The number of benzene rings is 1. The molecule has 0 aromatic heterocycles. The van der Waals surface area contributed by atoms with Gasteiger partial charge in [-0.1, -0.05) is 12.8 Å². The Morgan fingerprint density at radius 2 is 2.06 bits per heavy atom. The Morgan fingerprint density at radius 1 is 1.35 bits per heavy atom. The average molecular weight is 232 g/mol. The van der Waals surface area contributed by atoms with Gasteiger partial charge in [-0.15, -0.1) is 0 Å². The van der Waals surface area contributed by atoms with E-state index in [0.29, 0.717) is 11.6 Å². The molecule has 90 valence electrons. The summed E-state index contributed by atoms with van der Waals surface area (Å²) in [6, 6.07) is 7.12. The van der Waals surface area contributed by atoms with Crippen LogP contribution in [0.5, 0.6) is 0 Å². The van der Waals surface area contributed by atoms with Gasteiger partial charge in [-0.05, 0) is 38.0 Å². The van der Waals surface area contributed by atoms with E-state index in [0.717, 1.165) is 12.2 Å². The van der Waals surface area contributed by atoms with Crippen LogP contribution in [0.25, 0.3) is 0 Å². The Labute approximate surface area is 102 Å². The fourth-order valence-electron chi connectivity index (χ4n) is 2.67. The maximum Gasteiger partial charge on any atom is 0.126 e. The highest BCUT2D eigenvalue weighted by molar-refractivity contribution is 5.52. The zero-order chi connectivity index (χ0) is 12.3. The van der Waals surface area contributed by atoms with E-state index in [-0.39, 0.29) is 5.82 Å². The first-order valence-corrected chi connectivity index (χ1v) is 6.22. The second kappa shape index (κ2) is 5.18. The fourth-order valence-corrected chi connectivity index (χ4v) is 2.67. The molecule has 0 N–H and O–H groups in total. The van der Waals surface area contributed by atoms with Crippen LogP contribution in [-0.2, 0) is 0 Å². The highest BCUT2D eigenvalue weighted by Crippen LogP contribution is 2.29. The van der Waals surface area contributed by atoms with Crippen molar-refractivity contribution in [3.05, 3.63) is 29.6 Å². The number of hydrogen-bond acceptors (Lipinski definition) is 2. The highest BCUT2D eigenvalue weighted by atomic mass is 19.1. The summed E-state index contributed by atoms with van der Waals surface area (Å²) in [6.45, 7) is 2.94. The van der Waals surface area contributed by atoms with Gasteiger partial charge < -0.3 is 4.90 Å². The molecule has 0 unspecified atom stereocenters. The van der Waals surface area contributed by atoms with E-state index in [1.54, 1.807) is 6.07 Å². The van der Waals surface area contributed by atoms with Crippen LogP contribution in [-0.4, -0.2) is 12.6 Å². The van der Waals surface area contributed by atoms with Crippen molar-refractivity contribution in [1.82, 2.24) is 0 Å². The van der Waals surface area contributed by atoms with Gasteiger partial charge >= 0.3 is 0 Å². The molecular weight excluding hydrogens is 215 g/mol. The molecule has 0 saturated heterocycles. The Bertz CT molecular complexity index is 430. The van der Waals surface area contributed by atoms with Crippen LogP contribution in [0.2, 0.25) is 0 Å². The van der Waals surface area contributed by atoms with Gasteiger partial charge in [0.25, 0.3) is 0 Å². The normalized spacial score (nSPS) is 15.8. The fraction of sp³-hybridized carbons (Fsp3) is 0.500. The molecule has 0 bridgehead atoms. The molecule has 2 nitrogen and oxygen atoms in total. The van der Waals surface area contributed by atoms with Crippen LogP contribution < -0.4 is 4.90 Å². The van der Waals surface area contributed by atoms with E-state index in [4.69, 9.17) is 5.26 Å². The standard InChI is InChI=1S/C14H17FN2/c1-2-17(13-5-3-4-6-13)14-8-11(10-16)7-12(15)9-14/h7-9,13H,2-6H2,1H3. The van der Waals surface area contributed by atoms with Crippen molar-refractivity contribution < 1.29 is 4.39 Å². The molecule has 0 spiro atoms. The zero-order valence-corrected chi connectivity index (χ0v) is 10.1. The molecule has 1 fully saturated rings. The largest absolute Gasteiger partial charge is 0.369 e. The summed E-state index contributed by atoms with van der Waals surface area (Å²) in [4.78, 5) is 2.22. The number of halogens is 1. The van der Waals surface area contributed by atoms with Crippen molar-refractivity contribution in [2.75, 3.05) is 11.4 Å². The minimum Gasteiger partial charge on any atom is -0.369 e. The molecule has 0 atom stereocenters. The van der Waals surface area contributed by atoms with E-state index in [1.165, 1.54) is 37.8 Å². The summed E-state index contributed by atoms with van der Waals surface area (Å²) >= 11 is 0. The van der Waals surface area contributed by atoms with E-state index in [1.807, 2.05) is 6.07 Å². The van der Waals surface area contributed by atoms with Crippen molar-refractivity contribution in [3.8, 4) is 6.07 Å². The van der Waals surface area contributed by atoms with Crippen LogP contribution in [0.3, 0.4) is 0 Å². The van der Waals surface area contributed by atoms with Crippen molar-refractivity contribution >= 4 is 5.69 Å². The molecule has 1 aromatic rings. The molecule has 2 rings (SSSR count). The quantitative estimate of drug-likeness (QED) is 0.798. The summed E-state index contributed by atoms with van der Waals surface area (Å²) in [6.07, 6.45) is 4.85. The predicted octanol–water partition coefficient (Wildman–Crippen LogP) is 3.47. The summed E-state index contributed by atoms with van der Waals surface area (Å²) in [7, 11) is 0. The van der Waals surface area contributed by atoms with Gasteiger partial charge in [-0.2, -0.15) is 5.26 Å². The average Bonchev–Trinajstić information content (AvgIpc) is 2.83. The smallest absolute Gasteiger partial charge is 0.126 e. The van der Waals surface area contributed by atoms with Crippen molar-refractivity contribution in [2.24, 2.45) is 0 Å². The van der Waals surface area contributed by atoms with E-state index < -0.39 is 0 Å². The maximum absolute atomic E-state index is 13.4. The summed E-state index contributed by atoms with van der Waals surface area (Å²) in [5, 5.41) is 8.87. The van der Waals surface area contributed by atoms with E-state index in [9.17, 15) is 4.39 Å². The molecule has 3 heteroatoms. The van der Waals surface area contributed by atoms with Crippen LogP contribution in [0, 0.1) is 17.1 Å². The number of rotatable bonds is 3. The summed E-state index contributed by atoms with van der Waals surface area (Å²) < 4.78 is 13.4. The lowest BCUT2D eigenvalue weighted by molar-refractivity contribution is 0.606. The molecule has 0 radical (unpaired) electrons. The third kappa shape index (κ3) is 2.58. The Morgan fingerprint density at radius 3 is 2.65 bits per heavy atom. The van der Waals surface area contributed by atoms with Gasteiger partial charge in [0, 0.05) is 18.3 Å². The second-order valence-electron chi connectivity index (χ2n) is 4.53. The van der Waals surface area contributed by atoms with Gasteiger partial charge in [-0.25, -0.2) is 4.39 Å². The van der Waals surface area contributed by atoms with Gasteiger partial charge in [0.05, 0.1) is 11.6 Å². The molecule has 0 amide bonds. The minimum absolute atomic E-state index is 0.324.